The van der Waals surface area contributed by atoms with Crippen LogP contribution in [0.5, 0.6) is 17.2 Å². The van der Waals surface area contributed by atoms with Gasteiger partial charge in [-0.1, -0.05) is 12.1 Å². The van der Waals surface area contributed by atoms with Gasteiger partial charge in [-0.25, -0.2) is 0 Å². The molecule has 1 heterocycles. The van der Waals surface area contributed by atoms with Crippen LogP contribution in [0.4, 0.5) is 0 Å². The minimum absolute atomic E-state index is 0.00432. The predicted octanol–water partition coefficient (Wildman–Crippen LogP) is 1.70. The standard InChI is InChI=1S/C26H26O10/c1-34-14-6-4-5-12-18(14)24(31)21-20(22(12)29)23(30)13-9-26(33,16(28)11-27)10-15(19(13)25(21)32)36-17-7-2-3-8-35-17/h4-6,15,17,27,30,32-33H,2-3,7-11H2,1H3/t15-,17-,26-/m0/s1. The lowest BCUT2D eigenvalue weighted by molar-refractivity contribution is -0.204. The highest BCUT2D eigenvalue weighted by Gasteiger charge is 2.49. The molecular weight excluding hydrogens is 472 g/mol. The van der Waals surface area contributed by atoms with Crippen molar-refractivity contribution in [1.82, 2.24) is 0 Å². The fourth-order valence-corrected chi connectivity index (χ4v) is 5.40. The second-order valence-corrected chi connectivity index (χ2v) is 9.30. The number of rotatable bonds is 5. The van der Waals surface area contributed by atoms with Gasteiger partial charge in [-0.05, 0) is 25.3 Å². The number of aliphatic hydroxyl groups excluding tert-OH is 1. The Morgan fingerprint density at radius 1 is 1.11 bits per heavy atom. The Kier molecular flexibility index (Phi) is 6.08. The van der Waals surface area contributed by atoms with Gasteiger partial charge in [-0.15, -0.1) is 0 Å². The highest BCUT2D eigenvalue weighted by molar-refractivity contribution is 6.31. The molecule has 3 aliphatic rings. The number of ether oxygens (including phenoxy) is 3. The van der Waals surface area contributed by atoms with E-state index in [9.17, 15) is 34.8 Å². The van der Waals surface area contributed by atoms with E-state index in [0.717, 1.165) is 12.8 Å². The Morgan fingerprint density at radius 2 is 1.86 bits per heavy atom. The van der Waals surface area contributed by atoms with E-state index in [1.54, 1.807) is 0 Å². The van der Waals surface area contributed by atoms with Crippen LogP contribution in [-0.4, -0.2) is 70.0 Å². The largest absolute Gasteiger partial charge is 0.507 e. The number of carbonyl (C=O) groups excluding carboxylic acids is 3. The molecular formula is C26H26O10. The van der Waals surface area contributed by atoms with Gasteiger partial charge in [0.2, 0.25) is 5.78 Å². The first-order chi connectivity index (χ1) is 17.2. The molecule has 0 spiro atoms. The smallest absolute Gasteiger partial charge is 0.202 e. The maximum atomic E-state index is 13.6. The van der Waals surface area contributed by atoms with Crippen molar-refractivity contribution in [3.05, 3.63) is 51.6 Å². The van der Waals surface area contributed by atoms with Gasteiger partial charge >= 0.3 is 0 Å². The molecule has 10 heteroatoms. The first-order valence-corrected chi connectivity index (χ1v) is 11.7. The monoisotopic (exact) mass is 498 g/mol. The molecule has 36 heavy (non-hydrogen) atoms. The van der Waals surface area contributed by atoms with Crippen molar-refractivity contribution < 1.29 is 49.0 Å². The van der Waals surface area contributed by atoms with Crippen LogP contribution in [0.1, 0.15) is 74.8 Å². The zero-order valence-corrected chi connectivity index (χ0v) is 19.6. The number of phenolic OH excluding ortho intramolecular Hbond substituents is 2. The molecule has 10 nitrogen and oxygen atoms in total. The molecule has 2 aromatic carbocycles. The average molecular weight is 498 g/mol. The molecule has 2 aliphatic carbocycles. The van der Waals surface area contributed by atoms with Gasteiger partial charge in [0, 0.05) is 36.1 Å². The molecule has 1 aliphatic heterocycles. The highest BCUT2D eigenvalue weighted by atomic mass is 16.7. The lowest BCUT2D eigenvalue weighted by Crippen LogP contribution is -2.48. The number of Topliss-reactive ketones (excluding diaryl/α,β-unsaturated/α-hetero) is 1. The Balaban J connectivity index is 1.72. The minimum atomic E-state index is -2.14. The lowest BCUT2D eigenvalue weighted by atomic mass is 9.72. The summed E-state index contributed by atoms with van der Waals surface area (Å²) in [5.74, 6) is -3.41. The van der Waals surface area contributed by atoms with E-state index >= 15 is 0 Å². The summed E-state index contributed by atoms with van der Waals surface area (Å²) in [6.07, 6.45) is -0.549. The molecule has 0 saturated carbocycles. The second kappa shape index (κ2) is 8.97. The number of carbonyl (C=O) groups is 3. The van der Waals surface area contributed by atoms with Gasteiger partial charge in [0.25, 0.3) is 0 Å². The normalized spacial score (nSPS) is 25.1. The Bertz CT molecular complexity index is 1280. The molecule has 0 bridgehead atoms. The predicted molar refractivity (Wildman–Crippen MR) is 122 cm³/mol. The van der Waals surface area contributed by atoms with Crippen molar-refractivity contribution in [2.45, 2.75) is 50.1 Å². The first-order valence-electron chi connectivity index (χ1n) is 11.7. The summed E-state index contributed by atoms with van der Waals surface area (Å²) >= 11 is 0. The molecule has 190 valence electrons. The number of aromatic hydroxyl groups is 2. The van der Waals surface area contributed by atoms with E-state index in [4.69, 9.17) is 14.2 Å². The molecule has 0 aromatic heterocycles. The molecule has 0 radical (unpaired) electrons. The molecule has 2 aromatic rings. The number of hydrogen-bond donors (Lipinski definition) is 4. The van der Waals surface area contributed by atoms with E-state index in [2.05, 4.69) is 0 Å². The molecule has 0 unspecified atom stereocenters. The first kappa shape index (κ1) is 24.4. The van der Waals surface area contributed by atoms with Crippen molar-refractivity contribution in [3.8, 4) is 17.2 Å². The van der Waals surface area contributed by atoms with Gasteiger partial charge in [0.05, 0.1) is 29.9 Å². The third-order valence-electron chi connectivity index (χ3n) is 7.19. The number of ketones is 3. The summed E-state index contributed by atoms with van der Waals surface area (Å²) in [7, 11) is 1.35. The number of fused-ring (bicyclic) bond motifs is 3. The summed E-state index contributed by atoms with van der Waals surface area (Å²) in [6, 6.07) is 4.45. The van der Waals surface area contributed by atoms with Crippen molar-refractivity contribution >= 4 is 17.3 Å². The zero-order chi connectivity index (χ0) is 25.8. The maximum absolute atomic E-state index is 13.6. The third-order valence-corrected chi connectivity index (χ3v) is 7.19. The van der Waals surface area contributed by atoms with Crippen LogP contribution in [-0.2, 0) is 20.7 Å². The molecule has 0 amide bonds. The van der Waals surface area contributed by atoms with Gasteiger partial charge in [-0.2, -0.15) is 0 Å². The van der Waals surface area contributed by atoms with E-state index in [-0.39, 0.29) is 34.4 Å². The summed E-state index contributed by atoms with van der Waals surface area (Å²) in [6.45, 7) is -0.518. The third kappa shape index (κ3) is 3.60. The van der Waals surface area contributed by atoms with Gasteiger partial charge < -0.3 is 34.6 Å². The minimum Gasteiger partial charge on any atom is -0.507 e. The summed E-state index contributed by atoms with van der Waals surface area (Å²) in [5.41, 5.74) is -3.12. The van der Waals surface area contributed by atoms with E-state index in [1.165, 1.54) is 25.3 Å². The second-order valence-electron chi connectivity index (χ2n) is 9.30. The summed E-state index contributed by atoms with van der Waals surface area (Å²) < 4.78 is 16.9. The van der Waals surface area contributed by atoms with Crippen LogP contribution in [0.3, 0.4) is 0 Å². The fraction of sp³-hybridized carbons (Fsp3) is 0.423. The zero-order valence-electron chi connectivity index (χ0n) is 19.6. The number of benzene rings is 2. The number of methoxy groups -OCH3 is 1. The topological polar surface area (TPSA) is 160 Å². The Labute approximate surface area is 206 Å². The SMILES string of the molecule is COc1cccc2c1C(=O)c1c(O)c3c(c(O)c1C2=O)C[C@@](O)(C(=O)CO)C[C@@H]3O[C@H]1CCCCO1. The molecule has 5 rings (SSSR count). The van der Waals surface area contributed by atoms with Crippen LogP contribution >= 0.6 is 0 Å². The highest BCUT2D eigenvalue weighted by Crippen LogP contribution is 2.52. The van der Waals surface area contributed by atoms with Crippen LogP contribution in [0.2, 0.25) is 0 Å². The Morgan fingerprint density at radius 3 is 2.53 bits per heavy atom. The molecule has 3 atom stereocenters. The molecule has 1 fully saturated rings. The van der Waals surface area contributed by atoms with Crippen molar-refractivity contribution in [2.24, 2.45) is 0 Å². The van der Waals surface area contributed by atoms with Crippen LogP contribution in [0.25, 0.3) is 0 Å². The Hall–Kier alpha value is -3.31. The van der Waals surface area contributed by atoms with Gasteiger partial charge in [0.15, 0.2) is 17.9 Å². The van der Waals surface area contributed by atoms with E-state index in [1.807, 2.05) is 0 Å². The van der Waals surface area contributed by atoms with Crippen molar-refractivity contribution in [3.63, 3.8) is 0 Å². The number of phenols is 2. The average Bonchev–Trinajstić information content (AvgIpc) is 2.88. The lowest BCUT2D eigenvalue weighted by Gasteiger charge is -2.40. The van der Waals surface area contributed by atoms with Crippen LogP contribution in [0.15, 0.2) is 18.2 Å². The number of hydrogen-bond acceptors (Lipinski definition) is 10. The van der Waals surface area contributed by atoms with Gasteiger partial charge in [0.1, 0.15) is 29.5 Å². The van der Waals surface area contributed by atoms with Crippen molar-refractivity contribution in [1.29, 1.82) is 0 Å². The van der Waals surface area contributed by atoms with Gasteiger partial charge in [-0.3, -0.25) is 14.4 Å². The summed E-state index contributed by atoms with van der Waals surface area (Å²) in [5, 5.41) is 43.3. The van der Waals surface area contributed by atoms with E-state index < -0.39 is 71.0 Å². The molecule has 1 saturated heterocycles. The van der Waals surface area contributed by atoms with Crippen molar-refractivity contribution in [2.75, 3.05) is 20.3 Å². The van der Waals surface area contributed by atoms with Crippen LogP contribution in [0, 0.1) is 0 Å². The fourth-order valence-electron chi connectivity index (χ4n) is 5.40. The number of aliphatic hydroxyl groups is 2. The maximum Gasteiger partial charge on any atom is 0.202 e. The van der Waals surface area contributed by atoms with E-state index in [0.29, 0.717) is 13.0 Å². The van der Waals surface area contributed by atoms with Crippen LogP contribution < -0.4 is 4.74 Å². The summed E-state index contributed by atoms with van der Waals surface area (Å²) in [4.78, 5) is 39.5. The molecule has 4 N–H and O–H groups in total. The quantitative estimate of drug-likeness (QED) is 0.381.